The highest BCUT2D eigenvalue weighted by Gasteiger charge is 2.10. The third kappa shape index (κ3) is 4.24. The molecule has 0 aromatic heterocycles. The Balaban J connectivity index is 2.75. The van der Waals surface area contributed by atoms with Gasteiger partial charge >= 0.3 is 0 Å². The van der Waals surface area contributed by atoms with Crippen LogP contribution in [0.2, 0.25) is 0 Å². The molecule has 1 radical (unpaired) electrons. The van der Waals surface area contributed by atoms with Crippen LogP contribution in [-0.4, -0.2) is 26.5 Å². The molecule has 1 rings (SSSR count). The fourth-order valence-corrected chi connectivity index (χ4v) is 1.39. The third-order valence-electron chi connectivity index (χ3n) is 1.93. The van der Waals surface area contributed by atoms with E-state index in [1.54, 1.807) is 12.1 Å². The number of carbonyl (C=O) groups excluding carboxylic acids is 2. The summed E-state index contributed by atoms with van der Waals surface area (Å²) in [5.41, 5.74) is 4.90. The number of benzene rings is 1. The molecule has 5 N–H and O–H groups in total. The average molecular weight is 270 g/mol. The van der Waals surface area contributed by atoms with Crippen molar-refractivity contribution in [2.75, 3.05) is 5.32 Å². The van der Waals surface area contributed by atoms with Gasteiger partial charge in [0, 0.05) is 11.3 Å². The lowest BCUT2D eigenvalue weighted by atomic mass is 10.2. The summed E-state index contributed by atoms with van der Waals surface area (Å²) in [6, 6.07) is 6.14. The zero-order valence-corrected chi connectivity index (χ0v) is 10.0. The smallest absolute Gasteiger partial charge is 0.252 e. The van der Waals surface area contributed by atoms with Crippen molar-refractivity contribution in [3.63, 3.8) is 0 Å². The van der Waals surface area contributed by atoms with E-state index in [1.807, 2.05) is 0 Å². The van der Waals surface area contributed by atoms with Crippen molar-refractivity contribution in [3.8, 4) is 0 Å². The number of nitrogens with one attached hydrogen (secondary N) is 2. The van der Waals surface area contributed by atoms with E-state index in [2.05, 4.69) is 10.6 Å². The Morgan fingerprint density at radius 3 is 2.83 bits per heavy atom. The van der Waals surface area contributed by atoms with Crippen LogP contribution in [0.3, 0.4) is 0 Å². The molecule has 1 aromatic carbocycles. The lowest BCUT2D eigenvalue weighted by molar-refractivity contribution is -0.105. The molecule has 1 aromatic rings. The zero-order valence-electron chi connectivity index (χ0n) is 9.20. The summed E-state index contributed by atoms with van der Waals surface area (Å²) in [6.45, 7) is 0.969. The third-order valence-corrected chi connectivity index (χ3v) is 2.49. The highest BCUT2D eigenvalue weighted by Crippen LogP contribution is 2.11. The van der Waals surface area contributed by atoms with Gasteiger partial charge in [-0.15, -0.1) is 0 Å². The van der Waals surface area contributed by atoms with Crippen molar-refractivity contribution in [3.05, 3.63) is 36.4 Å². The van der Waals surface area contributed by atoms with E-state index in [0.29, 0.717) is 12.0 Å². The molecule has 0 aliphatic heterocycles. The normalized spacial score (nSPS) is 13.4. The lowest BCUT2D eigenvalue weighted by Gasteiger charge is -2.12. The molecule has 0 fully saturated rings. The van der Waals surface area contributed by atoms with E-state index in [9.17, 15) is 13.8 Å². The molecular formula is C10H12N3O4S. The minimum atomic E-state index is -2.22. The van der Waals surface area contributed by atoms with Crippen molar-refractivity contribution in [1.29, 1.82) is 0 Å². The van der Waals surface area contributed by atoms with E-state index in [1.165, 1.54) is 12.1 Å². The van der Waals surface area contributed by atoms with Gasteiger partial charge in [0.1, 0.15) is 12.8 Å². The summed E-state index contributed by atoms with van der Waals surface area (Å²) in [6.07, 6.45) is 0.449. The zero-order chi connectivity index (χ0) is 13.5. The highest BCUT2D eigenvalue weighted by molar-refractivity contribution is 7.79. The van der Waals surface area contributed by atoms with Crippen LogP contribution in [0.5, 0.6) is 0 Å². The van der Waals surface area contributed by atoms with Crippen molar-refractivity contribution >= 4 is 29.0 Å². The Morgan fingerprint density at radius 1 is 1.50 bits per heavy atom. The summed E-state index contributed by atoms with van der Waals surface area (Å²) in [5, 5.41) is 4.81. The topological polar surface area (TPSA) is 122 Å². The van der Waals surface area contributed by atoms with Crippen LogP contribution in [0.4, 0.5) is 5.69 Å². The van der Waals surface area contributed by atoms with Crippen molar-refractivity contribution in [2.24, 2.45) is 5.73 Å². The van der Waals surface area contributed by atoms with Crippen LogP contribution in [0.25, 0.3) is 0 Å². The van der Waals surface area contributed by atoms with Gasteiger partial charge < -0.3 is 20.0 Å². The van der Waals surface area contributed by atoms with Gasteiger partial charge in [-0.2, -0.15) is 0 Å². The molecule has 0 saturated heterocycles. The Kier molecular flexibility index (Phi) is 5.43. The average Bonchev–Trinajstić information content (AvgIpc) is 2.36. The molecule has 0 heterocycles. The van der Waals surface area contributed by atoms with E-state index >= 15 is 0 Å². The fourth-order valence-electron chi connectivity index (χ4n) is 1.16. The largest absolute Gasteiger partial charge is 0.358 e. The van der Waals surface area contributed by atoms with Crippen molar-refractivity contribution in [2.45, 2.75) is 5.50 Å². The van der Waals surface area contributed by atoms with Crippen LogP contribution in [0.15, 0.2) is 24.3 Å². The molecule has 97 valence electrons. The number of anilines is 1. The molecular weight excluding hydrogens is 258 g/mol. The summed E-state index contributed by atoms with van der Waals surface area (Å²) >= 11 is -2.22. The summed E-state index contributed by atoms with van der Waals surface area (Å²) < 4.78 is 19.4. The highest BCUT2D eigenvalue weighted by atomic mass is 32.2. The Morgan fingerprint density at radius 2 is 2.22 bits per heavy atom. The molecule has 18 heavy (non-hydrogen) atoms. The van der Waals surface area contributed by atoms with Crippen LogP contribution in [-0.2, 0) is 15.9 Å². The second kappa shape index (κ2) is 6.84. The second-order valence-electron chi connectivity index (χ2n) is 3.20. The maximum absolute atomic E-state index is 11.5. The summed E-state index contributed by atoms with van der Waals surface area (Å²) in [7, 11) is 0. The number of nitrogens with two attached hydrogens (primary N) is 1. The van der Waals surface area contributed by atoms with Crippen LogP contribution in [0, 0.1) is 6.54 Å². The monoisotopic (exact) mass is 270 g/mol. The molecule has 1 amide bonds. The lowest BCUT2D eigenvalue weighted by Crippen LogP contribution is -2.33. The van der Waals surface area contributed by atoms with Crippen LogP contribution >= 0.6 is 0 Å². The molecule has 0 spiro atoms. The number of hydrogen-bond acceptors (Lipinski definition) is 5. The predicted molar refractivity (Wildman–Crippen MR) is 66.6 cm³/mol. The second-order valence-corrected chi connectivity index (χ2v) is 4.26. The Bertz CT molecular complexity index is 466. The molecule has 2 atom stereocenters. The van der Waals surface area contributed by atoms with Crippen LogP contribution < -0.4 is 16.4 Å². The number of amides is 1. The van der Waals surface area contributed by atoms with E-state index in [0.717, 1.165) is 6.54 Å². The maximum Gasteiger partial charge on any atom is 0.252 e. The fraction of sp³-hybridized carbons (Fsp3) is 0.100. The van der Waals surface area contributed by atoms with Crippen LogP contribution in [0.1, 0.15) is 10.4 Å². The first-order valence-corrected chi connectivity index (χ1v) is 6.01. The maximum atomic E-state index is 11.5. The van der Waals surface area contributed by atoms with Gasteiger partial charge in [-0.3, -0.25) is 10.5 Å². The molecule has 2 unspecified atom stereocenters. The summed E-state index contributed by atoms with van der Waals surface area (Å²) in [4.78, 5) is 21.6. The first-order valence-electron chi connectivity index (χ1n) is 4.84. The number of carbonyl (C=O) groups is 2. The van der Waals surface area contributed by atoms with Gasteiger partial charge in [0.15, 0.2) is 16.6 Å². The van der Waals surface area contributed by atoms with Gasteiger partial charge in [-0.25, -0.2) is 4.21 Å². The van der Waals surface area contributed by atoms with Gasteiger partial charge in [0.2, 0.25) is 0 Å². The quantitative estimate of drug-likeness (QED) is 0.318. The van der Waals surface area contributed by atoms with E-state index in [4.69, 9.17) is 10.3 Å². The SMILES string of the molecule is NC(Nc1cccc(C(=O)N[CH]C=O)c1)S(=O)O. The predicted octanol–water partition coefficient (Wildman–Crippen LogP) is -0.347. The Hall–Kier alpha value is -1.77. The standard InChI is InChI=1S/C10H12N3O4S/c11-10(18(16)17)13-8-3-1-2-7(6-8)9(15)12-4-5-14/h1-6,10,13H,11H2,(H,12,15)(H,16,17). The minimum Gasteiger partial charge on any atom is -0.358 e. The molecule has 7 nitrogen and oxygen atoms in total. The van der Waals surface area contributed by atoms with Gasteiger partial charge in [-0.1, -0.05) is 6.07 Å². The summed E-state index contributed by atoms with van der Waals surface area (Å²) in [5.74, 6) is -0.468. The minimum absolute atomic E-state index is 0.286. The molecule has 8 heteroatoms. The van der Waals surface area contributed by atoms with E-state index < -0.39 is 22.5 Å². The Labute approximate surface area is 106 Å². The van der Waals surface area contributed by atoms with Gasteiger partial charge in [0.05, 0.1) is 0 Å². The molecule has 0 aliphatic carbocycles. The van der Waals surface area contributed by atoms with E-state index in [-0.39, 0.29) is 5.56 Å². The molecule has 0 saturated carbocycles. The number of aldehydes is 1. The first-order chi connectivity index (χ1) is 8.54. The molecule has 0 bridgehead atoms. The van der Waals surface area contributed by atoms with Gasteiger partial charge in [-0.05, 0) is 18.2 Å². The number of hydrogen-bond donors (Lipinski definition) is 4. The first kappa shape index (κ1) is 14.3. The number of rotatable bonds is 6. The van der Waals surface area contributed by atoms with Crippen molar-refractivity contribution in [1.82, 2.24) is 5.32 Å². The molecule has 0 aliphatic rings. The van der Waals surface area contributed by atoms with Crippen molar-refractivity contribution < 1.29 is 18.4 Å². The van der Waals surface area contributed by atoms with Gasteiger partial charge in [0.25, 0.3) is 5.91 Å².